The summed E-state index contributed by atoms with van der Waals surface area (Å²) < 4.78 is 33.5. The van der Waals surface area contributed by atoms with Gasteiger partial charge in [-0.25, -0.2) is 18.4 Å². The Hall–Kier alpha value is -3.17. The van der Waals surface area contributed by atoms with Crippen molar-refractivity contribution < 1.29 is 18.3 Å². The minimum absolute atomic E-state index is 0.0106. The van der Waals surface area contributed by atoms with Crippen LogP contribution in [0.3, 0.4) is 0 Å². The highest BCUT2D eigenvalue weighted by molar-refractivity contribution is 5.74. The first-order valence-corrected chi connectivity index (χ1v) is 9.25. The van der Waals surface area contributed by atoms with Crippen LogP contribution in [0.25, 0.3) is 0 Å². The number of urea groups is 1. The third-order valence-corrected chi connectivity index (χ3v) is 5.16. The van der Waals surface area contributed by atoms with E-state index in [4.69, 9.17) is 4.74 Å². The molecule has 29 heavy (non-hydrogen) atoms. The maximum absolute atomic E-state index is 13.3. The van der Waals surface area contributed by atoms with Crippen LogP contribution >= 0.6 is 0 Å². The average Bonchev–Trinajstić information content (AvgIpc) is 3.06. The number of hydrogen-bond donors (Lipinski definition) is 0. The molecular formula is C19H21F2N5O3. The van der Waals surface area contributed by atoms with Crippen LogP contribution < -0.4 is 15.3 Å². The zero-order valence-corrected chi connectivity index (χ0v) is 16.1. The Kier molecular flexibility index (Phi) is 4.85. The molecule has 2 aliphatic heterocycles. The van der Waals surface area contributed by atoms with E-state index in [0.29, 0.717) is 37.6 Å². The lowest BCUT2D eigenvalue weighted by Crippen LogP contribution is -2.55. The van der Waals surface area contributed by atoms with E-state index < -0.39 is 17.3 Å². The molecule has 154 valence electrons. The lowest BCUT2D eigenvalue weighted by Gasteiger charge is -2.39. The topological polar surface area (TPSA) is 70.9 Å². The minimum Gasteiger partial charge on any atom is -0.473 e. The fourth-order valence-corrected chi connectivity index (χ4v) is 3.72. The van der Waals surface area contributed by atoms with E-state index in [2.05, 4.69) is 9.88 Å². The first-order valence-electron chi connectivity index (χ1n) is 9.25. The fourth-order valence-electron chi connectivity index (χ4n) is 3.72. The number of carbonyl (C=O) groups excluding carboxylic acids is 1. The van der Waals surface area contributed by atoms with Gasteiger partial charge in [0.25, 0.3) is 0 Å². The lowest BCUT2D eigenvalue weighted by molar-refractivity contribution is 0.160. The van der Waals surface area contributed by atoms with E-state index in [0.717, 1.165) is 12.1 Å². The van der Waals surface area contributed by atoms with Crippen molar-refractivity contribution in [2.45, 2.75) is 19.2 Å². The number of fused-ring (bicyclic) bond motifs is 3. The van der Waals surface area contributed by atoms with Crippen LogP contribution in [0.5, 0.6) is 5.88 Å². The largest absolute Gasteiger partial charge is 0.473 e. The van der Waals surface area contributed by atoms with Crippen LogP contribution in [0.1, 0.15) is 5.56 Å². The summed E-state index contributed by atoms with van der Waals surface area (Å²) in [5.41, 5.74) is -0.0114. The monoisotopic (exact) mass is 405 g/mol. The molecule has 4 rings (SSSR count). The Morgan fingerprint density at radius 3 is 2.72 bits per heavy atom. The summed E-state index contributed by atoms with van der Waals surface area (Å²) >= 11 is 0. The first-order chi connectivity index (χ1) is 13.8. The van der Waals surface area contributed by atoms with Crippen molar-refractivity contribution in [3.63, 3.8) is 0 Å². The third kappa shape index (κ3) is 3.62. The van der Waals surface area contributed by atoms with E-state index in [1.807, 2.05) is 0 Å². The Balaban J connectivity index is 1.50. The molecular weight excluding hydrogens is 384 g/mol. The minimum atomic E-state index is -0.957. The zero-order chi connectivity index (χ0) is 20.7. The van der Waals surface area contributed by atoms with Crippen molar-refractivity contribution in [2.75, 3.05) is 38.6 Å². The summed E-state index contributed by atoms with van der Waals surface area (Å²) in [6, 6.07) is 5.09. The van der Waals surface area contributed by atoms with Crippen molar-refractivity contribution in [1.82, 2.24) is 19.4 Å². The van der Waals surface area contributed by atoms with Crippen LogP contribution in [0.4, 0.5) is 19.4 Å². The quantitative estimate of drug-likeness (QED) is 0.770. The van der Waals surface area contributed by atoms with E-state index >= 15 is 0 Å². The number of halogens is 2. The van der Waals surface area contributed by atoms with Crippen molar-refractivity contribution in [3.05, 3.63) is 51.9 Å². The van der Waals surface area contributed by atoms with Gasteiger partial charge < -0.3 is 19.4 Å². The Morgan fingerprint density at radius 1 is 1.21 bits per heavy atom. The summed E-state index contributed by atoms with van der Waals surface area (Å²) in [6.45, 7) is 2.07. The van der Waals surface area contributed by atoms with Gasteiger partial charge in [-0.1, -0.05) is 6.07 Å². The molecule has 1 saturated heterocycles. The molecule has 2 aromatic rings. The second-order valence-electron chi connectivity index (χ2n) is 7.35. The van der Waals surface area contributed by atoms with Gasteiger partial charge in [0.2, 0.25) is 5.88 Å². The summed E-state index contributed by atoms with van der Waals surface area (Å²) in [6.07, 6.45) is 0. The summed E-state index contributed by atoms with van der Waals surface area (Å²) in [5.74, 6) is -1.08. The van der Waals surface area contributed by atoms with Crippen molar-refractivity contribution >= 4 is 11.8 Å². The Labute approximate surface area is 165 Å². The number of ether oxygens (including phenoxy) is 1. The predicted molar refractivity (Wildman–Crippen MR) is 101 cm³/mol. The van der Waals surface area contributed by atoms with Crippen molar-refractivity contribution in [1.29, 1.82) is 0 Å². The van der Waals surface area contributed by atoms with Gasteiger partial charge in [0.05, 0.1) is 12.6 Å². The molecule has 1 aromatic heterocycles. The molecule has 10 heteroatoms. The van der Waals surface area contributed by atoms with Crippen LogP contribution in [0.15, 0.2) is 29.1 Å². The standard InChI is InChI=1S/C19H21F2N5O3/c1-23(2)19(28)24-5-6-25-13(9-24)10-26-17(25)8-16(22-18(26)27)29-11-12-3-4-14(20)15(21)7-12/h3-4,7-8,13H,5-6,9-11H2,1-2H3. The molecule has 0 bridgehead atoms. The molecule has 1 unspecified atom stereocenters. The molecule has 2 aliphatic rings. The molecule has 1 fully saturated rings. The molecule has 2 amide bonds. The maximum atomic E-state index is 13.3. The summed E-state index contributed by atoms with van der Waals surface area (Å²) in [7, 11) is 3.42. The van der Waals surface area contributed by atoms with E-state index in [9.17, 15) is 18.4 Å². The Bertz CT molecular complexity index is 1010. The van der Waals surface area contributed by atoms with Crippen molar-refractivity contribution in [2.24, 2.45) is 0 Å². The van der Waals surface area contributed by atoms with Gasteiger partial charge in [-0.3, -0.25) is 4.57 Å². The number of benzene rings is 1. The molecule has 0 radical (unpaired) electrons. The molecule has 0 N–H and O–H groups in total. The number of anilines is 1. The molecule has 0 spiro atoms. The molecule has 0 saturated carbocycles. The third-order valence-electron chi connectivity index (χ3n) is 5.16. The van der Waals surface area contributed by atoms with Gasteiger partial charge in [-0.05, 0) is 17.7 Å². The maximum Gasteiger partial charge on any atom is 0.352 e. The van der Waals surface area contributed by atoms with Gasteiger partial charge in [-0.15, -0.1) is 0 Å². The number of hydrogen-bond acceptors (Lipinski definition) is 5. The Morgan fingerprint density at radius 2 is 2.00 bits per heavy atom. The number of amides is 2. The zero-order valence-electron chi connectivity index (χ0n) is 16.1. The molecule has 1 atom stereocenters. The number of nitrogens with zero attached hydrogens (tertiary/aromatic N) is 5. The van der Waals surface area contributed by atoms with Gasteiger partial charge >= 0.3 is 11.7 Å². The van der Waals surface area contributed by atoms with Gasteiger partial charge in [0.15, 0.2) is 11.6 Å². The molecule has 8 nitrogen and oxygen atoms in total. The highest BCUT2D eigenvalue weighted by Gasteiger charge is 2.37. The smallest absolute Gasteiger partial charge is 0.352 e. The molecule has 1 aromatic carbocycles. The number of aromatic nitrogens is 2. The average molecular weight is 405 g/mol. The SMILES string of the molecule is CN(C)C(=O)N1CCN2c3cc(OCc4ccc(F)c(F)c4)nc(=O)n3CC2C1. The second kappa shape index (κ2) is 7.34. The highest BCUT2D eigenvalue weighted by atomic mass is 19.2. The lowest BCUT2D eigenvalue weighted by atomic mass is 10.2. The van der Waals surface area contributed by atoms with Crippen LogP contribution in [-0.2, 0) is 13.2 Å². The van der Waals surface area contributed by atoms with E-state index in [1.165, 1.54) is 11.0 Å². The van der Waals surface area contributed by atoms with Crippen LogP contribution in [0, 0.1) is 11.6 Å². The van der Waals surface area contributed by atoms with Gasteiger partial charge in [0.1, 0.15) is 12.4 Å². The molecule has 3 heterocycles. The highest BCUT2D eigenvalue weighted by Crippen LogP contribution is 2.29. The van der Waals surface area contributed by atoms with Crippen LogP contribution in [0.2, 0.25) is 0 Å². The summed E-state index contributed by atoms with van der Waals surface area (Å²) in [4.78, 5) is 34.0. The van der Waals surface area contributed by atoms with E-state index in [-0.39, 0.29) is 24.6 Å². The first kappa shape index (κ1) is 19.2. The second-order valence-corrected chi connectivity index (χ2v) is 7.35. The normalized spacial score (nSPS) is 17.7. The van der Waals surface area contributed by atoms with E-state index in [1.54, 1.807) is 29.6 Å². The molecule has 0 aliphatic carbocycles. The van der Waals surface area contributed by atoms with Crippen molar-refractivity contribution in [3.8, 4) is 5.88 Å². The number of rotatable bonds is 3. The summed E-state index contributed by atoms with van der Waals surface area (Å²) in [5, 5.41) is 0. The van der Waals surface area contributed by atoms with Gasteiger partial charge in [-0.2, -0.15) is 4.98 Å². The van der Waals surface area contributed by atoms with Gasteiger partial charge in [0, 0.05) is 39.8 Å². The number of carbonyl (C=O) groups is 1. The van der Waals surface area contributed by atoms with Crippen LogP contribution in [-0.4, -0.2) is 65.2 Å². The predicted octanol–water partition coefficient (Wildman–Crippen LogP) is 1.29. The number of piperazine rings is 1. The fraction of sp³-hybridized carbons (Fsp3) is 0.421.